The zero-order valence-corrected chi connectivity index (χ0v) is 11.8. The van der Waals surface area contributed by atoms with Gasteiger partial charge in [-0.2, -0.15) is 0 Å². The van der Waals surface area contributed by atoms with Crippen molar-refractivity contribution in [2.24, 2.45) is 0 Å². The second-order valence-electron chi connectivity index (χ2n) is 3.94. The van der Waals surface area contributed by atoms with Gasteiger partial charge in [0.2, 0.25) is 0 Å². The summed E-state index contributed by atoms with van der Waals surface area (Å²) in [6.45, 7) is 0.363. The number of hydrogen-bond donors (Lipinski definition) is 8. The van der Waals surface area contributed by atoms with Crippen molar-refractivity contribution in [2.45, 2.75) is 24.9 Å². The standard InChI is InChI=1S/C7H20N2O7Si2/c10-7(8-3-1-5-17(11,12)13)9-4-2-6-18(14,15)16/h11-16H,1-6H2,(H2,8,9,10). The molecule has 8 N–H and O–H groups in total. The lowest BCUT2D eigenvalue weighted by atomic mass is 10.4. The van der Waals surface area contributed by atoms with Crippen molar-refractivity contribution in [3.63, 3.8) is 0 Å². The van der Waals surface area contributed by atoms with E-state index < -0.39 is 23.6 Å². The maximum Gasteiger partial charge on any atom is 0.492 e. The van der Waals surface area contributed by atoms with Gasteiger partial charge in [-0.3, -0.25) is 0 Å². The highest BCUT2D eigenvalue weighted by atomic mass is 28.4. The van der Waals surface area contributed by atoms with Gasteiger partial charge < -0.3 is 39.4 Å². The van der Waals surface area contributed by atoms with Crippen LogP contribution in [0.1, 0.15) is 12.8 Å². The van der Waals surface area contributed by atoms with Crippen molar-refractivity contribution < 1.29 is 33.6 Å². The maximum absolute atomic E-state index is 11.1. The number of urea groups is 1. The molecule has 0 atom stereocenters. The molecule has 0 bridgehead atoms. The topological polar surface area (TPSA) is 163 Å². The van der Waals surface area contributed by atoms with Gasteiger partial charge in [-0.05, 0) is 12.8 Å². The molecule has 0 aromatic carbocycles. The molecule has 11 heteroatoms. The summed E-state index contributed by atoms with van der Waals surface area (Å²) in [6, 6.07) is -0.792. The van der Waals surface area contributed by atoms with Gasteiger partial charge in [-0.15, -0.1) is 0 Å². The summed E-state index contributed by atoms with van der Waals surface area (Å²) in [5, 5.41) is 4.83. The van der Waals surface area contributed by atoms with Crippen LogP contribution < -0.4 is 10.6 Å². The maximum atomic E-state index is 11.1. The molecule has 0 radical (unpaired) electrons. The molecule has 0 unspecified atom stereocenters. The quantitative estimate of drug-likeness (QED) is 0.174. The fourth-order valence-electron chi connectivity index (χ4n) is 1.12. The first-order chi connectivity index (χ1) is 8.10. The van der Waals surface area contributed by atoms with E-state index in [0.717, 1.165) is 0 Å². The second kappa shape index (κ2) is 7.80. The average molecular weight is 300 g/mol. The Morgan fingerprint density at radius 2 is 1.11 bits per heavy atom. The molecule has 0 aromatic heterocycles. The Kier molecular flexibility index (Phi) is 7.57. The molecule has 0 heterocycles. The fraction of sp³-hybridized carbons (Fsp3) is 0.857. The molecule has 0 aliphatic carbocycles. The van der Waals surface area contributed by atoms with Crippen LogP contribution in [0, 0.1) is 0 Å². The molecule has 9 nitrogen and oxygen atoms in total. The monoisotopic (exact) mass is 300 g/mol. The smallest absolute Gasteiger partial charge is 0.390 e. The summed E-state index contributed by atoms with van der Waals surface area (Å²) in [6.07, 6.45) is 0.478. The van der Waals surface area contributed by atoms with E-state index in [4.69, 9.17) is 28.8 Å². The molecule has 0 aliphatic rings. The van der Waals surface area contributed by atoms with Crippen LogP contribution in [0.3, 0.4) is 0 Å². The van der Waals surface area contributed by atoms with Gasteiger partial charge in [-0.25, -0.2) is 4.79 Å². The highest BCUT2D eigenvalue weighted by Crippen LogP contribution is 2.00. The molecule has 0 spiro atoms. The SMILES string of the molecule is O=C(NCCC[Si](O)(O)O)NCCC[Si](O)(O)O. The first-order valence-electron chi connectivity index (χ1n) is 5.46. The van der Waals surface area contributed by atoms with Gasteiger partial charge in [0.25, 0.3) is 0 Å². The van der Waals surface area contributed by atoms with Crippen molar-refractivity contribution in [1.29, 1.82) is 0 Å². The molecule has 0 aliphatic heterocycles. The normalized spacial score (nSPS) is 12.3. The van der Waals surface area contributed by atoms with Gasteiger partial charge in [0, 0.05) is 25.2 Å². The average Bonchev–Trinajstić information content (AvgIpc) is 2.17. The molecule has 18 heavy (non-hydrogen) atoms. The van der Waals surface area contributed by atoms with Crippen LogP contribution in [-0.4, -0.2) is 65.5 Å². The number of carbonyl (C=O) groups excluding carboxylic acids is 1. The van der Waals surface area contributed by atoms with Crippen LogP contribution in [0.4, 0.5) is 4.79 Å². The summed E-state index contributed by atoms with van der Waals surface area (Å²) in [4.78, 5) is 63.2. The Hall–Kier alpha value is -0.536. The van der Waals surface area contributed by atoms with Crippen LogP contribution in [0.2, 0.25) is 12.1 Å². The van der Waals surface area contributed by atoms with Gasteiger partial charge in [0.15, 0.2) is 0 Å². The van der Waals surface area contributed by atoms with Crippen LogP contribution in [0.5, 0.6) is 0 Å². The van der Waals surface area contributed by atoms with Crippen LogP contribution in [-0.2, 0) is 0 Å². The number of nitrogens with one attached hydrogen (secondary N) is 2. The van der Waals surface area contributed by atoms with Crippen molar-refractivity contribution >= 4 is 23.6 Å². The molecule has 0 rings (SSSR count). The van der Waals surface area contributed by atoms with E-state index in [1.807, 2.05) is 0 Å². The summed E-state index contributed by atoms with van der Waals surface area (Å²) in [5.74, 6) is 0. The summed E-state index contributed by atoms with van der Waals surface area (Å²) < 4.78 is 0. The highest BCUT2D eigenvalue weighted by molar-refractivity contribution is 6.56. The Bertz CT molecular complexity index is 229. The molecule has 108 valence electrons. The first-order valence-corrected chi connectivity index (χ1v) is 9.56. The minimum Gasteiger partial charge on any atom is -0.390 e. The minimum atomic E-state index is -4.03. The number of rotatable bonds is 8. The molecular formula is C7H20N2O7Si2. The predicted molar refractivity (Wildman–Crippen MR) is 65.1 cm³/mol. The Labute approximate surface area is 106 Å². The first kappa shape index (κ1) is 17.5. The molecular weight excluding hydrogens is 280 g/mol. The Morgan fingerprint density at radius 1 is 0.778 bits per heavy atom. The lowest BCUT2D eigenvalue weighted by Gasteiger charge is -2.11. The Balaban J connectivity index is 3.44. The van der Waals surface area contributed by atoms with Gasteiger partial charge >= 0.3 is 23.6 Å². The second-order valence-corrected chi connectivity index (χ2v) is 8.04. The van der Waals surface area contributed by atoms with Crippen molar-refractivity contribution in [3.8, 4) is 0 Å². The summed E-state index contributed by atoms with van der Waals surface area (Å²) in [7, 11) is -8.06. The molecule has 2 amide bonds. The van der Waals surface area contributed by atoms with Gasteiger partial charge in [0.05, 0.1) is 0 Å². The molecule has 0 saturated carbocycles. The van der Waals surface area contributed by atoms with Crippen LogP contribution in [0.15, 0.2) is 0 Å². The van der Waals surface area contributed by atoms with E-state index in [9.17, 15) is 4.79 Å². The van der Waals surface area contributed by atoms with E-state index >= 15 is 0 Å². The number of hydrogen-bond acceptors (Lipinski definition) is 7. The third kappa shape index (κ3) is 13.5. The minimum absolute atomic E-state index is 0.152. The third-order valence-corrected chi connectivity index (χ3v) is 4.00. The van der Waals surface area contributed by atoms with Crippen molar-refractivity contribution in [1.82, 2.24) is 10.6 Å². The fourth-order valence-corrected chi connectivity index (χ4v) is 2.42. The van der Waals surface area contributed by atoms with Crippen molar-refractivity contribution in [2.75, 3.05) is 13.1 Å². The zero-order chi connectivity index (χ0) is 14.2. The van der Waals surface area contributed by atoms with E-state index in [0.29, 0.717) is 0 Å². The van der Waals surface area contributed by atoms with Gasteiger partial charge in [0.1, 0.15) is 0 Å². The Morgan fingerprint density at radius 3 is 1.39 bits per heavy atom. The van der Waals surface area contributed by atoms with Crippen molar-refractivity contribution in [3.05, 3.63) is 0 Å². The molecule has 0 saturated heterocycles. The zero-order valence-electron chi connectivity index (χ0n) is 9.83. The summed E-state index contributed by atoms with van der Waals surface area (Å²) >= 11 is 0. The predicted octanol–water partition coefficient (Wildman–Crippen LogP) is -3.10. The lowest BCUT2D eigenvalue weighted by molar-refractivity contribution is 0.224. The van der Waals surface area contributed by atoms with E-state index in [1.54, 1.807) is 0 Å². The van der Waals surface area contributed by atoms with E-state index in [2.05, 4.69) is 10.6 Å². The number of amides is 2. The molecule has 0 aromatic rings. The third-order valence-electron chi connectivity index (χ3n) is 1.95. The van der Waals surface area contributed by atoms with E-state index in [-0.39, 0.29) is 38.0 Å². The van der Waals surface area contributed by atoms with Crippen LogP contribution >= 0.6 is 0 Å². The molecule has 0 fully saturated rings. The van der Waals surface area contributed by atoms with Gasteiger partial charge in [-0.1, -0.05) is 0 Å². The lowest BCUT2D eigenvalue weighted by Crippen LogP contribution is -2.40. The highest BCUT2D eigenvalue weighted by Gasteiger charge is 2.26. The van der Waals surface area contributed by atoms with E-state index in [1.165, 1.54) is 0 Å². The largest absolute Gasteiger partial charge is 0.492 e. The van der Waals surface area contributed by atoms with Crippen LogP contribution in [0.25, 0.3) is 0 Å². The number of carbonyl (C=O) groups is 1. The summed E-state index contributed by atoms with van der Waals surface area (Å²) in [5.41, 5.74) is 0.